The Hall–Kier alpha value is -1.14. The summed E-state index contributed by atoms with van der Waals surface area (Å²) in [6.07, 6.45) is 4.78. The smallest absolute Gasteiger partial charge is 0.248 e. The number of piperidine rings is 1. The molecule has 4 atom stereocenters. The van der Waals surface area contributed by atoms with E-state index >= 15 is 0 Å². The van der Waals surface area contributed by atoms with Crippen molar-refractivity contribution in [2.75, 3.05) is 40.0 Å². The lowest BCUT2D eigenvalue weighted by Gasteiger charge is -2.55. The van der Waals surface area contributed by atoms with Crippen molar-refractivity contribution in [3.8, 4) is 0 Å². The highest BCUT2D eigenvalue weighted by molar-refractivity contribution is 5.92. The molecule has 2 bridgehead atoms. The molecule has 1 aromatic carbocycles. The van der Waals surface area contributed by atoms with Crippen LogP contribution in [0.1, 0.15) is 41.6 Å². The lowest BCUT2D eigenvalue weighted by molar-refractivity contribution is -0.170. The number of primary amides is 1. The summed E-state index contributed by atoms with van der Waals surface area (Å²) >= 11 is 0. The number of carbonyl (C=O) groups excluding carboxylic acids is 1. The molecule has 1 aromatic rings. The predicted molar refractivity (Wildman–Crippen MR) is 107 cm³/mol. The molecule has 1 saturated carbocycles. The second-order valence-corrected chi connectivity index (χ2v) is 8.22. The van der Waals surface area contributed by atoms with Gasteiger partial charge in [-0.3, -0.25) is 4.79 Å². The minimum absolute atomic E-state index is 0. The zero-order valence-electron chi connectivity index (χ0n) is 16.1. The zero-order chi connectivity index (χ0) is 18.1. The van der Waals surface area contributed by atoms with Crippen LogP contribution in [-0.2, 0) is 15.1 Å². The second-order valence-electron chi connectivity index (χ2n) is 8.22. The molecule has 1 aliphatic carbocycles. The Bertz CT molecular complexity index is 649. The average Bonchev–Trinajstić information content (AvgIpc) is 3.14. The Morgan fingerprint density at radius 2 is 2.04 bits per heavy atom. The second kappa shape index (κ2) is 8.48. The molecule has 6 heteroatoms. The van der Waals surface area contributed by atoms with Crippen molar-refractivity contribution in [3.63, 3.8) is 0 Å². The Morgan fingerprint density at radius 3 is 2.63 bits per heavy atom. The minimum atomic E-state index is -0.373. The Morgan fingerprint density at radius 1 is 1.30 bits per heavy atom. The standard InChI is InChI=1S/C21H30N2O3.ClH/c1-25-21(17-5-2-4-16(10-17)20(22)24)18-6-3-7-19(21)13-23(12-18)11-15-8-9-26-14-15;/h2,4-5,10,15,18-19H,3,6-9,11-14H2,1H3,(H2,22,24);1H/t15-,18-,19+,21?;/m1./s1. The molecule has 27 heavy (non-hydrogen) atoms. The van der Waals surface area contributed by atoms with E-state index in [-0.39, 0.29) is 23.9 Å². The number of hydrogen-bond donors (Lipinski definition) is 1. The number of halogens is 1. The quantitative estimate of drug-likeness (QED) is 0.834. The summed E-state index contributed by atoms with van der Waals surface area (Å²) in [5, 5.41) is 0. The maximum absolute atomic E-state index is 11.7. The number of hydrogen-bond acceptors (Lipinski definition) is 4. The van der Waals surface area contributed by atoms with E-state index in [0.717, 1.165) is 38.4 Å². The molecule has 1 unspecified atom stereocenters. The third kappa shape index (κ3) is 3.75. The van der Waals surface area contributed by atoms with Gasteiger partial charge in [-0.05, 0) is 42.9 Å². The Kier molecular flexibility index (Phi) is 6.46. The summed E-state index contributed by atoms with van der Waals surface area (Å²) in [5.41, 5.74) is 6.92. The molecule has 0 spiro atoms. The molecule has 4 rings (SSSR count). The summed E-state index contributed by atoms with van der Waals surface area (Å²) in [6.45, 7) is 5.06. The first-order valence-corrected chi connectivity index (χ1v) is 9.89. The topological polar surface area (TPSA) is 64.8 Å². The number of amides is 1. The number of rotatable bonds is 5. The molecule has 3 fully saturated rings. The highest BCUT2D eigenvalue weighted by atomic mass is 35.5. The van der Waals surface area contributed by atoms with E-state index in [4.69, 9.17) is 15.2 Å². The summed E-state index contributed by atoms with van der Waals surface area (Å²) < 4.78 is 11.8. The van der Waals surface area contributed by atoms with Crippen LogP contribution in [0.5, 0.6) is 0 Å². The number of ether oxygens (including phenoxy) is 2. The predicted octanol–water partition coefficient (Wildman–Crippen LogP) is 2.82. The average molecular weight is 395 g/mol. The van der Waals surface area contributed by atoms with E-state index in [9.17, 15) is 4.79 Å². The highest BCUT2D eigenvalue weighted by Crippen LogP contribution is 2.51. The van der Waals surface area contributed by atoms with Crippen LogP contribution in [0, 0.1) is 17.8 Å². The van der Waals surface area contributed by atoms with E-state index in [0.29, 0.717) is 23.3 Å². The zero-order valence-corrected chi connectivity index (χ0v) is 16.9. The number of likely N-dealkylation sites (tertiary alicyclic amines) is 1. The molecule has 150 valence electrons. The van der Waals surface area contributed by atoms with Gasteiger partial charge in [0.15, 0.2) is 0 Å². The number of nitrogens with two attached hydrogens (primary N) is 1. The molecule has 2 saturated heterocycles. The molecular weight excluding hydrogens is 364 g/mol. The highest BCUT2D eigenvalue weighted by Gasteiger charge is 2.53. The van der Waals surface area contributed by atoms with Crippen LogP contribution >= 0.6 is 12.4 Å². The van der Waals surface area contributed by atoms with Gasteiger partial charge in [0.1, 0.15) is 5.60 Å². The number of fused-ring (bicyclic) bond motifs is 2. The maximum atomic E-state index is 11.7. The number of carbonyl (C=O) groups is 1. The van der Waals surface area contributed by atoms with E-state index < -0.39 is 0 Å². The van der Waals surface area contributed by atoms with Gasteiger partial charge in [-0.2, -0.15) is 0 Å². The molecular formula is C21H31ClN2O3. The molecule has 0 radical (unpaired) electrons. The van der Waals surface area contributed by atoms with Crippen LogP contribution in [0.4, 0.5) is 0 Å². The third-order valence-electron chi connectivity index (χ3n) is 6.75. The molecule has 3 aliphatic rings. The van der Waals surface area contributed by atoms with Crippen LogP contribution in [0.15, 0.2) is 24.3 Å². The van der Waals surface area contributed by atoms with Crippen LogP contribution in [0.2, 0.25) is 0 Å². The van der Waals surface area contributed by atoms with Crippen molar-refractivity contribution in [2.24, 2.45) is 23.5 Å². The van der Waals surface area contributed by atoms with E-state index in [1.54, 1.807) is 6.07 Å². The number of nitrogens with zero attached hydrogens (tertiary/aromatic N) is 1. The largest absolute Gasteiger partial charge is 0.381 e. The van der Waals surface area contributed by atoms with Crippen molar-refractivity contribution < 1.29 is 14.3 Å². The monoisotopic (exact) mass is 394 g/mol. The summed E-state index contributed by atoms with van der Waals surface area (Å²) in [7, 11) is 1.84. The van der Waals surface area contributed by atoms with Gasteiger partial charge >= 0.3 is 0 Å². The molecule has 1 amide bonds. The summed E-state index contributed by atoms with van der Waals surface area (Å²) in [6, 6.07) is 7.80. The molecule has 2 heterocycles. The SMILES string of the molecule is COC1(c2cccc(C(N)=O)c2)[C@@H]2CCC[C@H]1CN(C[C@H]1CCOC1)C2.Cl. The van der Waals surface area contributed by atoms with Crippen LogP contribution in [0.25, 0.3) is 0 Å². The lowest BCUT2D eigenvalue weighted by Crippen LogP contribution is -2.59. The normalized spacial score (nSPS) is 33.4. The molecule has 2 N–H and O–H groups in total. The van der Waals surface area contributed by atoms with Crippen LogP contribution in [0.3, 0.4) is 0 Å². The Labute approximate surface area is 168 Å². The van der Waals surface area contributed by atoms with Gasteiger partial charge in [0.2, 0.25) is 5.91 Å². The van der Waals surface area contributed by atoms with Gasteiger partial charge < -0.3 is 20.1 Å². The van der Waals surface area contributed by atoms with Crippen LogP contribution in [-0.4, -0.2) is 50.8 Å². The maximum Gasteiger partial charge on any atom is 0.248 e. The van der Waals surface area contributed by atoms with Gasteiger partial charge in [-0.25, -0.2) is 0 Å². The van der Waals surface area contributed by atoms with Gasteiger partial charge in [0, 0.05) is 50.8 Å². The van der Waals surface area contributed by atoms with Gasteiger partial charge in [0.05, 0.1) is 6.61 Å². The summed E-state index contributed by atoms with van der Waals surface area (Å²) in [5.74, 6) is 1.20. The van der Waals surface area contributed by atoms with Crippen molar-refractivity contribution in [1.82, 2.24) is 4.90 Å². The van der Waals surface area contributed by atoms with Crippen molar-refractivity contribution in [3.05, 3.63) is 35.4 Å². The van der Waals surface area contributed by atoms with Crippen molar-refractivity contribution >= 4 is 18.3 Å². The molecule has 5 nitrogen and oxygen atoms in total. The fraction of sp³-hybridized carbons (Fsp3) is 0.667. The van der Waals surface area contributed by atoms with Gasteiger partial charge in [0.25, 0.3) is 0 Å². The first-order valence-electron chi connectivity index (χ1n) is 9.89. The van der Waals surface area contributed by atoms with Crippen molar-refractivity contribution in [2.45, 2.75) is 31.3 Å². The van der Waals surface area contributed by atoms with Crippen LogP contribution < -0.4 is 5.73 Å². The van der Waals surface area contributed by atoms with E-state index in [2.05, 4.69) is 11.0 Å². The van der Waals surface area contributed by atoms with E-state index in [1.807, 2.05) is 19.2 Å². The summed E-state index contributed by atoms with van der Waals surface area (Å²) in [4.78, 5) is 14.3. The molecule has 0 aromatic heterocycles. The lowest BCUT2D eigenvalue weighted by atomic mass is 9.62. The fourth-order valence-corrected chi connectivity index (χ4v) is 5.60. The number of methoxy groups -OCH3 is 1. The van der Waals surface area contributed by atoms with E-state index in [1.165, 1.54) is 25.7 Å². The first-order chi connectivity index (χ1) is 12.6. The molecule has 2 aliphatic heterocycles. The fourth-order valence-electron chi connectivity index (χ4n) is 5.60. The Balaban J connectivity index is 0.00000210. The van der Waals surface area contributed by atoms with Crippen molar-refractivity contribution in [1.29, 1.82) is 0 Å². The van der Waals surface area contributed by atoms with Gasteiger partial charge in [-0.15, -0.1) is 12.4 Å². The van der Waals surface area contributed by atoms with Gasteiger partial charge in [-0.1, -0.05) is 18.6 Å². The minimum Gasteiger partial charge on any atom is -0.381 e. The number of benzene rings is 1. The third-order valence-corrected chi connectivity index (χ3v) is 6.75. The first kappa shape index (κ1) is 20.6.